The Hall–Kier alpha value is -2.58. The highest BCUT2D eigenvalue weighted by molar-refractivity contribution is 7.92. The normalized spacial score (nSPS) is 10.9. The molecule has 0 aromatic heterocycles. The molecule has 1 N–H and O–H groups in total. The van der Waals surface area contributed by atoms with Crippen molar-refractivity contribution in [1.29, 1.82) is 0 Å². The number of amides is 1. The van der Waals surface area contributed by atoms with Crippen LogP contribution in [0.3, 0.4) is 0 Å². The van der Waals surface area contributed by atoms with Crippen molar-refractivity contribution in [2.45, 2.75) is 6.92 Å². The number of carbonyl (C=O) groups is 2. The van der Waals surface area contributed by atoms with Gasteiger partial charge in [-0.3, -0.25) is 9.10 Å². The molecule has 2 rings (SSSR count). The van der Waals surface area contributed by atoms with Gasteiger partial charge in [0, 0.05) is 10.7 Å². The Morgan fingerprint density at radius 1 is 1.15 bits per heavy atom. The lowest BCUT2D eigenvalue weighted by molar-refractivity contribution is -0.114. The molecule has 0 aliphatic rings. The first kappa shape index (κ1) is 20.7. The molecule has 0 saturated heterocycles. The quantitative estimate of drug-likeness (QED) is 0.708. The number of nitrogens with one attached hydrogen (secondary N) is 1. The summed E-state index contributed by atoms with van der Waals surface area (Å²) in [6.45, 7) is 1.56. The lowest BCUT2D eigenvalue weighted by Gasteiger charge is -2.22. The molecule has 0 spiro atoms. The number of benzene rings is 2. The van der Waals surface area contributed by atoms with Crippen LogP contribution < -0.4 is 9.62 Å². The zero-order valence-electron chi connectivity index (χ0n) is 14.8. The zero-order valence-corrected chi connectivity index (χ0v) is 16.4. The van der Waals surface area contributed by atoms with Gasteiger partial charge in [0.2, 0.25) is 15.9 Å². The molecule has 0 aliphatic heterocycles. The van der Waals surface area contributed by atoms with Gasteiger partial charge in [0.05, 0.1) is 24.1 Å². The van der Waals surface area contributed by atoms with Crippen LogP contribution in [0.2, 0.25) is 5.02 Å². The number of anilines is 2. The molecular formula is C18H19ClN2O5S. The van der Waals surface area contributed by atoms with E-state index in [-0.39, 0.29) is 12.3 Å². The largest absolute Gasteiger partial charge is 0.462 e. The van der Waals surface area contributed by atoms with Crippen LogP contribution in [0.1, 0.15) is 17.3 Å². The van der Waals surface area contributed by atoms with E-state index in [0.29, 0.717) is 16.3 Å². The minimum Gasteiger partial charge on any atom is -0.462 e. The lowest BCUT2D eigenvalue weighted by Crippen LogP contribution is -2.37. The van der Waals surface area contributed by atoms with Crippen LogP contribution in [0.5, 0.6) is 0 Å². The van der Waals surface area contributed by atoms with Crippen molar-refractivity contribution in [2.24, 2.45) is 0 Å². The third-order valence-electron chi connectivity index (χ3n) is 3.46. The summed E-state index contributed by atoms with van der Waals surface area (Å²) in [6.07, 6.45) is 1.01. The molecule has 0 bridgehead atoms. The fraction of sp³-hybridized carbons (Fsp3) is 0.222. The van der Waals surface area contributed by atoms with Crippen LogP contribution in [0.4, 0.5) is 11.4 Å². The molecular weight excluding hydrogens is 392 g/mol. The molecule has 0 radical (unpaired) electrons. The van der Waals surface area contributed by atoms with Crippen LogP contribution in [-0.4, -0.2) is 39.7 Å². The van der Waals surface area contributed by atoms with Gasteiger partial charge in [-0.1, -0.05) is 17.7 Å². The van der Waals surface area contributed by atoms with E-state index in [0.717, 1.165) is 10.6 Å². The van der Waals surface area contributed by atoms with E-state index in [1.54, 1.807) is 25.1 Å². The highest BCUT2D eigenvalue weighted by atomic mass is 35.5. The number of hydrogen-bond acceptors (Lipinski definition) is 5. The third kappa shape index (κ3) is 5.97. The average molecular weight is 411 g/mol. The number of carbonyl (C=O) groups excluding carboxylic acids is 2. The highest BCUT2D eigenvalue weighted by Gasteiger charge is 2.21. The number of sulfonamides is 1. The first-order chi connectivity index (χ1) is 12.7. The minimum absolute atomic E-state index is 0.266. The minimum atomic E-state index is -3.69. The van der Waals surface area contributed by atoms with Crippen molar-refractivity contribution < 1.29 is 22.7 Å². The Balaban J connectivity index is 2.11. The molecule has 144 valence electrons. The number of nitrogens with zero attached hydrogens (tertiary/aromatic N) is 1. The molecule has 2 aromatic carbocycles. The maximum Gasteiger partial charge on any atom is 0.338 e. The van der Waals surface area contributed by atoms with E-state index in [4.69, 9.17) is 16.3 Å². The lowest BCUT2D eigenvalue weighted by atomic mass is 10.2. The van der Waals surface area contributed by atoms with Gasteiger partial charge in [0.1, 0.15) is 6.54 Å². The summed E-state index contributed by atoms with van der Waals surface area (Å²) in [5.74, 6) is -0.996. The first-order valence-corrected chi connectivity index (χ1v) is 10.2. The summed E-state index contributed by atoms with van der Waals surface area (Å²) < 4.78 is 30.0. The van der Waals surface area contributed by atoms with E-state index in [1.807, 2.05) is 0 Å². The van der Waals surface area contributed by atoms with E-state index >= 15 is 0 Å². The summed E-state index contributed by atoms with van der Waals surface area (Å²) in [5.41, 5.74) is 1.07. The van der Waals surface area contributed by atoms with Crippen LogP contribution in [-0.2, 0) is 19.6 Å². The van der Waals surface area contributed by atoms with Gasteiger partial charge in [0.25, 0.3) is 0 Å². The zero-order chi connectivity index (χ0) is 20.0. The average Bonchev–Trinajstić information content (AvgIpc) is 2.59. The van der Waals surface area contributed by atoms with E-state index in [1.165, 1.54) is 30.3 Å². The van der Waals surface area contributed by atoms with Crippen LogP contribution in [0.15, 0.2) is 48.5 Å². The molecule has 2 aromatic rings. The van der Waals surface area contributed by atoms with Gasteiger partial charge >= 0.3 is 5.97 Å². The SMILES string of the molecule is CCOC(=O)c1ccc(NC(=O)CN(c2cccc(Cl)c2)S(C)(=O)=O)cc1. The summed E-state index contributed by atoms with van der Waals surface area (Å²) in [5, 5.41) is 2.95. The van der Waals surface area contributed by atoms with Gasteiger partial charge in [-0.15, -0.1) is 0 Å². The first-order valence-electron chi connectivity index (χ1n) is 8.01. The second-order valence-electron chi connectivity index (χ2n) is 5.60. The summed E-state index contributed by atoms with van der Waals surface area (Å²) in [6, 6.07) is 12.3. The van der Waals surface area contributed by atoms with Crippen molar-refractivity contribution in [3.05, 3.63) is 59.1 Å². The maximum atomic E-state index is 12.3. The van der Waals surface area contributed by atoms with E-state index in [9.17, 15) is 18.0 Å². The van der Waals surface area contributed by atoms with E-state index < -0.39 is 28.4 Å². The van der Waals surface area contributed by atoms with Gasteiger partial charge < -0.3 is 10.1 Å². The summed E-state index contributed by atoms with van der Waals surface area (Å²) in [7, 11) is -3.69. The number of halogens is 1. The predicted octanol–water partition coefficient (Wildman–Crippen LogP) is 2.92. The molecule has 7 nitrogen and oxygen atoms in total. The van der Waals surface area contributed by atoms with Gasteiger partial charge in [0.15, 0.2) is 0 Å². The van der Waals surface area contributed by atoms with Crippen molar-refractivity contribution in [3.63, 3.8) is 0 Å². The van der Waals surface area contributed by atoms with Crippen molar-refractivity contribution in [2.75, 3.05) is 29.0 Å². The van der Waals surface area contributed by atoms with E-state index in [2.05, 4.69) is 5.32 Å². The van der Waals surface area contributed by atoms with Crippen LogP contribution in [0, 0.1) is 0 Å². The van der Waals surface area contributed by atoms with Gasteiger partial charge in [-0.05, 0) is 49.4 Å². The van der Waals surface area contributed by atoms with Crippen molar-refractivity contribution in [3.8, 4) is 0 Å². The number of esters is 1. The topological polar surface area (TPSA) is 92.8 Å². The second-order valence-corrected chi connectivity index (χ2v) is 7.94. The smallest absolute Gasteiger partial charge is 0.338 e. The molecule has 0 unspecified atom stereocenters. The molecule has 1 amide bonds. The molecule has 0 atom stereocenters. The Bertz CT molecular complexity index is 929. The predicted molar refractivity (Wildman–Crippen MR) is 105 cm³/mol. The van der Waals surface area contributed by atoms with Crippen LogP contribution >= 0.6 is 11.6 Å². The Morgan fingerprint density at radius 3 is 2.37 bits per heavy atom. The van der Waals surface area contributed by atoms with Gasteiger partial charge in [-0.2, -0.15) is 0 Å². The fourth-order valence-electron chi connectivity index (χ4n) is 2.27. The molecule has 0 aliphatic carbocycles. The number of ether oxygens (including phenoxy) is 1. The Labute approximate surface area is 162 Å². The standard InChI is InChI=1S/C18H19ClN2O5S/c1-3-26-18(23)13-7-9-15(10-8-13)20-17(22)12-21(27(2,24)25)16-6-4-5-14(19)11-16/h4-11H,3,12H2,1-2H3,(H,20,22). The van der Waals surface area contributed by atoms with Crippen LogP contribution in [0.25, 0.3) is 0 Å². The van der Waals surface area contributed by atoms with Gasteiger partial charge in [-0.25, -0.2) is 13.2 Å². The molecule has 0 heterocycles. The number of rotatable bonds is 7. The maximum absolute atomic E-state index is 12.3. The molecule has 0 fully saturated rings. The molecule has 9 heteroatoms. The monoisotopic (exact) mass is 410 g/mol. The van der Waals surface area contributed by atoms with Crippen molar-refractivity contribution >= 4 is 44.9 Å². The second kappa shape index (κ2) is 8.88. The summed E-state index contributed by atoms with van der Waals surface area (Å²) >= 11 is 5.91. The highest BCUT2D eigenvalue weighted by Crippen LogP contribution is 2.22. The van der Waals surface area contributed by atoms with Crippen molar-refractivity contribution in [1.82, 2.24) is 0 Å². The molecule has 27 heavy (non-hydrogen) atoms. The molecule has 0 saturated carbocycles. The Morgan fingerprint density at radius 2 is 1.81 bits per heavy atom. The summed E-state index contributed by atoms with van der Waals surface area (Å²) in [4.78, 5) is 23.9. The number of hydrogen-bond donors (Lipinski definition) is 1. The Kier molecular flexibility index (Phi) is 6.81. The fourth-order valence-corrected chi connectivity index (χ4v) is 3.30. The third-order valence-corrected chi connectivity index (χ3v) is 4.84.